The first-order chi connectivity index (χ1) is 10.8. The van der Waals surface area contributed by atoms with Crippen LogP contribution in [0.4, 0.5) is 15.8 Å². The summed E-state index contributed by atoms with van der Waals surface area (Å²) in [6.45, 7) is 0. The number of sulfonamides is 1. The second-order valence-corrected chi connectivity index (χ2v) is 6.96. The number of benzene rings is 2. The summed E-state index contributed by atoms with van der Waals surface area (Å²) in [6.07, 6.45) is -1.27. The van der Waals surface area contributed by atoms with Crippen molar-refractivity contribution in [3.05, 3.63) is 53.3 Å². The number of hydrogen-bond acceptors (Lipinski definition) is 4. The lowest BCUT2D eigenvalue weighted by Crippen LogP contribution is -2.51. The lowest BCUT2D eigenvalue weighted by atomic mass is 10.2. The van der Waals surface area contributed by atoms with Gasteiger partial charge < -0.3 is 10.6 Å². The van der Waals surface area contributed by atoms with Gasteiger partial charge in [0.25, 0.3) is 5.91 Å². The number of carbonyl (C=O) groups excluding carboxylic acids is 1. The van der Waals surface area contributed by atoms with Gasteiger partial charge in [0.1, 0.15) is 10.7 Å². The molecule has 0 saturated carbocycles. The van der Waals surface area contributed by atoms with Crippen molar-refractivity contribution >= 4 is 38.9 Å². The fourth-order valence-corrected chi connectivity index (χ4v) is 3.60. The summed E-state index contributed by atoms with van der Waals surface area (Å²) in [5, 5.41) is 5.61. The largest absolute Gasteiger partial charge is 0.360 e. The Balaban J connectivity index is 1.86. The Kier molecular flexibility index (Phi) is 3.97. The lowest BCUT2D eigenvalue weighted by Gasteiger charge is -2.27. The minimum Gasteiger partial charge on any atom is -0.360 e. The third-order valence-electron chi connectivity index (χ3n) is 3.16. The van der Waals surface area contributed by atoms with E-state index in [9.17, 15) is 17.6 Å². The molecular weight excluding hydrogens is 345 g/mol. The van der Waals surface area contributed by atoms with Crippen LogP contribution < -0.4 is 15.4 Å². The molecule has 2 aromatic carbocycles. The number of hydrogen-bond donors (Lipinski definition) is 3. The molecule has 0 aliphatic carbocycles. The molecule has 3 rings (SSSR count). The molecule has 1 atom stereocenters. The van der Waals surface area contributed by atoms with Crippen LogP contribution in [-0.4, -0.2) is 20.5 Å². The zero-order chi connectivity index (χ0) is 16.6. The van der Waals surface area contributed by atoms with E-state index in [4.69, 9.17) is 11.6 Å². The summed E-state index contributed by atoms with van der Waals surface area (Å²) in [7, 11) is -3.92. The van der Waals surface area contributed by atoms with Crippen molar-refractivity contribution in [2.75, 3.05) is 10.6 Å². The Labute approximate surface area is 136 Å². The average molecular weight is 356 g/mol. The van der Waals surface area contributed by atoms with Gasteiger partial charge in [0.2, 0.25) is 10.0 Å². The minimum absolute atomic E-state index is 0.0231. The van der Waals surface area contributed by atoms with E-state index in [0.29, 0.717) is 10.7 Å². The van der Waals surface area contributed by atoms with Crippen LogP contribution >= 0.6 is 11.6 Å². The Bertz CT molecular complexity index is 889. The van der Waals surface area contributed by atoms with Crippen molar-refractivity contribution in [3.63, 3.8) is 0 Å². The summed E-state index contributed by atoms with van der Waals surface area (Å²) < 4.78 is 39.8. The second kappa shape index (κ2) is 5.80. The van der Waals surface area contributed by atoms with Gasteiger partial charge in [0.15, 0.2) is 6.17 Å². The molecule has 1 amide bonds. The molecule has 1 aliphatic heterocycles. The second-order valence-electron chi connectivity index (χ2n) is 4.84. The Hall–Kier alpha value is -2.16. The zero-order valence-electron chi connectivity index (χ0n) is 11.5. The normalized spacial score (nSPS) is 18.6. The van der Waals surface area contributed by atoms with Crippen molar-refractivity contribution in [1.82, 2.24) is 4.72 Å². The summed E-state index contributed by atoms with van der Waals surface area (Å²) >= 11 is 5.82. The number of rotatable bonds is 2. The van der Waals surface area contributed by atoms with E-state index in [1.165, 1.54) is 6.07 Å². The van der Waals surface area contributed by atoms with Crippen molar-refractivity contribution in [3.8, 4) is 0 Å². The number of fused-ring (bicyclic) bond motifs is 1. The van der Waals surface area contributed by atoms with E-state index < -0.39 is 27.9 Å². The predicted molar refractivity (Wildman–Crippen MR) is 84.2 cm³/mol. The highest BCUT2D eigenvalue weighted by Crippen LogP contribution is 2.27. The van der Waals surface area contributed by atoms with Crippen LogP contribution in [0.1, 0.15) is 0 Å². The van der Waals surface area contributed by atoms with Gasteiger partial charge >= 0.3 is 0 Å². The molecule has 120 valence electrons. The first kappa shape index (κ1) is 15.7. The van der Waals surface area contributed by atoms with Crippen LogP contribution in [0.2, 0.25) is 5.02 Å². The quantitative estimate of drug-likeness (QED) is 0.770. The first-order valence-corrected chi connectivity index (χ1v) is 8.36. The van der Waals surface area contributed by atoms with Crippen molar-refractivity contribution < 1.29 is 17.6 Å². The predicted octanol–water partition coefficient (Wildman–Crippen LogP) is 2.15. The first-order valence-electron chi connectivity index (χ1n) is 6.50. The molecule has 0 saturated heterocycles. The number of nitrogens with one attached hydrogen (secondary N) is 3. The number of amides is 1. The van der Waals surface area contributed by atoms with Gasteiger partial charge in [-0.3, -0.25) is 4.79 Å². The molecule has 0 radical (unpaired) electrons. The van der Waals surface area contributed by atoms with Gasteiger partial charge in [-0.05, 0) is 36.4 Å². The SMILES string of the molecule is O=C(Nc1cccc(Cl)c1)[C@H]1Nc2cc(F)ccc2S(=O)(=O)N1. The highest BCUT2D eigenvalue weighted by molar-refractivity contribution is 7.89. The highest BCUT2D eigenvalue weighted by atomic mass is 35.5. The maximum atomic E-state index is 13.3. The maximum absolute atomic E-state index is 13.3. The summed E-state index contributed by atoms with van der Waals surface area (Å²) in [5.74, 6) is -1.26. The van der Waals surface area contributed by atoms with E-state index in [-0.39, 0.29) is 10.6 Å². The molecule has 1 aliphatic rings. The summed E-state index contributed by atoms with van der Waals surface area (Å²) in [5.41, 5.74) is 0.434. The third-order valence-corrected chi connectivity index (χ3v) is 4.87. The molecule has 1 heterocycles. The molecule has 6 nitrogen and oxygen atoms in total. The van der Waals surface area contributed by atoms with Crippen molar-refractivity contribution in [1.29, 1.82) is 0 Å². The Morgan fingerprint density at radius 3 is 2.74 bits per heavy atom. The minimum atomic E-state index is -3.92. The zero-order valence-corrected chi connectivity index (χ0v) is 13.1. The van der Waals surface area contributed by atoms with Crippen LogP contribution in [0, 0.1) is 5.82 Å². The van der Waals surface area contributed by atoms with Gasteiger partial charge in [-0.2, -0.15) is 4.72 Å². The highest BCUT2D eigenvalue weighted by Gasteiger charge is 2.33. The van der Waals surface area contributed by atoms with Gasteiger partial charge in [0, 0.05) is 10.7 Å². The van der Waals surface area contributed by atoms with Crippen LogP contribution in [-0.2, 0) is 14.8 Å². The molecule has 3 N–H and O–H groups in total. The van der Waals surface area contributed by atoms with Gasteiger partial charge in [-0.15, -0.1) is 0 Å². The van der Waals surface area contributed by atoms with Crippen LogP contribution in [0.15, 0.2) is 47.4 Å². The average Bonchev–Trinajstić information content (AvgIpc) is 2.45. The number of anilines is 2. The van der Waals surface area contributed by atoms with Gasteiger partial charge in [0.05, 0.1) is 5.69 Å². The van der Waals surface area contributed by atoms with E-state index in [1.54, 1.807) is 18.2 Å². The van der Waals surface area contributed by atoms with Crippen molar-refractivity contribution in [2.45, 2.75) is 11.1 Å². The maximum Gasteiger partial charge on any atom is 0.262 e. The molecule has 0 unspecified atom stereocenters. The Morgan fingerprint density at radius 1 is 1.22 bits per heavy atom. The molecule has 2 aromatic rings. The molecule has 0 fully saturated rings. The summed E-state index contributed by atoms with van der Waals surface area (Å²) in [6, 6.07) is 9.59. The molecular formula is C14H11ClFN3O3S. The molecule has 0 aromatic heterocycles. The van der Waals surface area contributed by atoms with E-state index in [2.05, 4.69) is 15.4 Å². The third kappa shape index (κ3) is 3.29. The van der Waals surface area contributed by atoms with Crippen LogP contribution in [0.25, 0.3) is 0 Å². The fourth-order valence-electron chi connectivity index (χ4n) is 2.15. The molecule has 9 heteroatoms. The van der Waals surface area contributed by atoms with Gasteiger partial charge in [-0.1, -0.05) is 17.7 Å². The van der Waals surface area contributed by atoms with E-state index in [0.717, 1.165) is 18.2 Å². The number of carbonyl (C=O) groups is 1. The molecule has 23 heavy (non-hydrogen) atoms. The standard InChI is InChI=1S/C14H11ClFN3O3S/c15-8-2-1-3-10(6-8)17-14(20)13-18-11-7-9(16)4-5-12(11)23(21,22)19-13/h1-7,13,18-19H,(H,17,20)/t13-/m0/s1. The Morgan fingerprint density at radius 2 is 2.00 bits per heavy atom. The number of halogens is 2. The molecule has 0 spiro atoms. The van der Waals surface area contributed by atoms with Crippen molar-refractivity contribution in [2.24, 2.45) is 0 Å². The van der Waals surface area contributed by atoms with E-state index >= 15 is 0 Å². The monoisotopic (exact) mass is 355 g/mol. The van der Waals surface area contributed by atoms with E-state index in [1.807, 2.05) is 0 Å². The van der Waals surface area contributed by atoms with Crippen LogP contribution in [0.5, 0.6) is 0 Å². The summed E-state index contributed by atoms with van der Waals surface area (Å²) in [4.78, 5) is 12.1. The van der Waals surface area contributed by atoms with Gasteiger partial charge in [-0.25, -0.2) is 12.8 Å². The van der Waals surface area contributed by atoms with Crippen LogP contribution in [0.3, 0.4) is 0 Å². The fraction of sp³-hybridized carbons (Fsp3) is 0.0714. The lowest BCUT2D eigenvalue weighted by molar-refractivity contribution is -0.117. The molecule has 0 bridgehead atoms. The topological polar surface area (TPSA) is 87.3 Å². The smallest absolute Gasteiger partial charge is 0.262 e.